The molecule has 286 valence electrons. The highest BCUT2D eigenvalue weighted by atomic mass is 16.7. The van der Waals surface area contributed by atoms with Gasteiger partial charge in [-0.25, -0.2) is 0 Å². The van der Waals surface area contributed by atoms with E-state index in [9.17, 15) is 30.0 Å². The number of hydrogen-bond donors (Lipinski definition) is 4. The number of carbonyl (C=O) groups is 2. The van der Waals surface area contributed by atoms with E-state index < -0.39 is 77.8 Å². The maximum absolute atomic E-state index is 14.0. The Kier molecular flexibility index (Phi) is 14.8. The molecule has 4 N–H and O–H groups in total. The van der Waals surface area contributed by atoms with Crippen molar-refractivity contribution < 1.29 is 49.0 Å². The van der Waals surface area contributed by atoms with Crippen LogP contribution in [0.2, 0.25) is 0 Å². The van der Waals surface area contributed by atoms with Gasteiger partial charge in [-0.3, -0.25) is 14.6 Å². The minimum absolute atomic E-state index is 0.118. The summed E-state index contributed by atoms with van der Waals surface area (Å²) in [5.74, 6) is -3.48. The van der Waals surface area contributed by atoms with Crippen LogP contribution in [0, 0.1) is 17.8 Å². The van der Waals surface area contributed by atoms with Gasteiger partial charge in [0.1, 0.15) is 30.0 Å². The van der Waals surface area contributed by atoms with Crippen molar-refractivity contribution in [1.29, 1.82) is 0 Å². The fraction of sp³-hybridized carbons (Fsp3) is 0.811. The van der Waals surface area contributed by atoms with Crippen molar-refractivity contribution >= 4 is 11.9 Å². The first-order valence-corrected chi connectivity index (χ1v) is 18.0. The van der Waals surface area contributed by atoms with E-state index in [1.54, 1.807) is 59.1 Å². The van der Waals surface area contributed by atoms with Crippen molar-refractivity contribution in [2.45, 2.75) is 147 Å². The number of ether oxygens (including phenoxy) is 4. The van der Waals surface area contributed by atoms with Crippen LogP contribution in [0.3, 0.4) is 0 Å². The van der Waals surface area contributed by atoms with Gasteiger partial charge in [0, 0.05) is 36.9 Å². The van der Waals surface area contributed by atoms with Crippen molar-refractivity contribution in [1.82, 2.24) is 14.8 Å². The number of carbonyl (C=O) groups excluding carboxylic acids is 2. The molecule has 13 heteroatoms. The Hall–Kier alpha value is -2.23. The fourth-order valence-corrected chi connectivity index (χ4v) is 7.80. The molecular weight excluding hydrogens is 646 g/mol. The number of aromatic nitrogens is 1. The van der Waals surface area contributed by atoms with Crippen LogP contribution >= 0.6 is 0 Å². The lowest BCUT2D eigenvalue weighted by Crippen LogP contribution is -2.59. The molecule has 13 nitrogen and oxygen atoms in total. The third-order valence-corrected chi connectivity index (χ3v) is 10.8. The zero-order valence-electron chi connectivity index (χ0n) is 31.9. The molecular formula is C37H63N3O10. The van der Waals surface area contributed by atoms with Crippen LogP contribution < -0.4 is 0 Å². The molecule has 14 atom stereocenters. The second-order valence-electron chi connectivity index (χ2n) is 15.6. The van der Waals surface area contributed by atoms with Crippen LogP contribution in [0.15, 0.2) is 24.5 Å². The van der Waals surface area contributed by atoms with Crippen LogP contribution in [0.25, 0.3) is 0 Å². The number of esters is 2. The lowest BCUT2D eigenvalue weighted by Gasteiger charge is -2.47. The van der Waals surface area contributed by atoms with E-state index >= 15 is 0 Å². The van der Waals surface area contributed by atoms with E-state index in [1.807, 2.05) is 44.8 Å². The van der Waals surface area contributed by atoms with Gasteiger partial charge in [-0.15, -0.1) is 0 Å². The molecule has 2 saturated heterocycles. The number of aliphatic hydroxyl groups is 4. The molecule has 50 heavy (non-hydrogen) atoms. The highest BCUT2D eigenvalue weighted by Gasteiger charge is 2.51. The molecule has 3 heterocycles. The van der Waals surface area contributed by atoms with Crippen molar-refractivity contribution in [3.63, 3.8) is 0 Å². The van der Waals surface area contributed by atoms with Crippen molar-refractivity contribution in [3.05, 3.63) is 30.1 Å². The van der Waals surface area contributed by atoms with E-state index in [0.29, 0.717) is 18.5 Å². The molecule has 0 saturated carbocycles. The Morgan fingerprint density at radius 2 is 1.80 bits per heavy atom. The minimum Gasteiger partial charge on any atom is -0.461 e. The van der Waals surface area contributed by atoms with Crippen LogP contribution in [0.4, 0.5) is 0 Å². The molecule has 1 aromatic rings. The molecule has 0 bridgehead atoms. The largest absolute Gasteiger partial charge is 0.461 e. The average Bonchev–Trinajstić information content (AvgIpc) is 3.04. The van der Waals surface area contributed by atoms with Gasteiger partial charge in [0.05, 0.1) is 30.1 Å². The Labute approximate surface area is 298 Å². The first kappa shape index (κ1) is 42.2. The van der Waals surface area contributed by atoms with Gasteiger partial charge in [-0.05, 0) is 92.6 Å². The highest BCUT2D eigenvalue weighted by molar-refractivity contribution is 5.76. The molecule has 3 rings (SSSR count). The van der Waals surface area contributed by atoms with Crippen LogP contribution in [-0.4, -0.2) is 141 Å². The molecule has 2 aliphatic heterocycles. The quantitative estimate of drug-likeness (QED) is 0.304. The minimum atomic E-state index is -1.81. The number of hydrogen-bond acceptors (Lipinski definition) is 13. The van der Waals surface area contributed by atoms with E-state index in [0.717, 1.165) is 0 Å². The van der Waals surface area contributed by atoms with Gasteiger partial charge in [-0.2, -0.15) is 0 Å². The topological polar surface area (TPSA) is 171 Å². The molecule has 1 aromatic heterocycles. The lowest BCUT2D eigenvalue weighted by molar-refractivity contribution is -0.299. The van der Waals surface area contributed by atoms with Gasteiger partial charge in [0.15, 0.2) is 6.29 Å². The summed E-state index contributed by atoms with van der Waals surface area (Å²) in [6.45, 7) is 14.2. The molecule has 0 aliphatic carbocycles. The highest BCUT2D eigenvalue weighted by Crippen LogP contribution is 2.37. The summed E-state index contributed by atoms with van der Waals surface area (Å²) in [4.78, 5) is 35.4. The standard InChI is InChI=1S/C37H63N3O10/c1-12-28-37(8,46)32(43)25(6)40(11)20-21(2)18-36(7,45)33(50-35-30(42)27(39(9)10)16-22(3)47-35)23(4)31(24(5)34(44)48-28)49-29(41)17-26-14-13-15-38-19-26/h13-15,19,21-25,27-28,30-33,35,42-43,45-46H,12,16-18,20H2,1-11H3/t21-,22-,23+,24-,25+,27+,28+,30-,31+,32-,33-,35+,36+,37-/m1/s1. The predicted octanol–water partition coefficient (Wildman–Crippen LogP) is 2.16. The second kappa shape index (κ2) is 17.5. The van der Waals surface area contributed by atoms with Crippen LogP contribution in [-0.2, 0) is 35.0 Å². The molecule has 0 amide bonds. The number of rotatable bonds is 7. The lowest BCUT2D eigenvalue weighted by atomic mass is 9.77. The normalized spacial score (nSPS) is 41.6. The zero-order chi connectivity index (χ0) is 37.7. The summed E-state index contributed by atoms with van der Waals surface area (Å²) in [6.07, 6.45) is -3.11. The van der Waals surface area contributed by atoms with Crippen molar-refractivity contribution in [3.8, 4) is 0 Å². The van der Waals surface area contributed by atoms with E-state index in [4.69, 9.17) is 18.9 Å². The first-order chi connectivity index (χ1) is 23.2. The third-order valence-electron chi connectivity index (χ3n) is 10.8. The summed E-state index contributed by atoms with van der Waals surface area (Å²) in [6, 6.07) is 2.62. The number of cyclic esters (lactones) is 1. The monoisotopic (exact) mass is 709 g/mol. The smallest absolute Gasteiger partial charge is 0.312 e. The number of aliphatic hydroxyl groups excluding tert-OH is 2. The number of nitrogens with zero attached hydrogens (tertiary/aromatic N) is 3. The second-order valence-corrected chi connectivity index (χ2v) is 15.6. The Morgan fingerprint density at radius 3 is 2.38 bits per heavy atom. The zero-order valence-corrected chi connectivity index (χ0v) is 31.9. The van der Waals surface area contributed by atoms with Crippen LogP contribution in [0.1, 0.15) is 80.2 Å². The van der Waals surface area contributed by atoms with Gasteiger partial charge in [-0.1, -0.05) is 26.8 Å². The molecule has 0 aromatic carbocycles. The summed E-state index contributed by atoms with van der Waals surface area (Å²) in [5.41, 5.74) is -2.79. The molecule has 0 unspecified atom stereocenters. The van der Waals surface area contributed by atoms with E-state index in [-0.39, 0.29) is 37.3 Å². The van der Waals surface area contributed by atoms with E-state index in [2.05, 4.69) is 4.98 Å². The summed E-state index contributed by atoms with van der Waals surface area (Å²) >= 11 is 0. The van der Waals surface area contributed by atoms with Gasteiger partial charge < -0.3 is 49.2 Å². The Bertz CT molecular complexity index is 1230. The van der Waals surface area contributed by atoms with Crippen molar-refractivity contribution in [2.24, 2.45) is 17.8 Å². The van der Waals surface area contributed by atoms with Gasteiger partial charge in [0.25, 0.3) is 0 Å². The van der Waals surface area contributed by atoms with Gasteiger partial charge >= 0.3 is 11.9 Å². The average molecular weight is 710 g/mol. The number of pyridine rings is 1. The summed E-state index contributed by atoms with van der Waals surface area (Å²) in [7, 11) is 5.56. The van der Waals surface area contributed by atoms with Crippen LogP contribution in [0.5, 0.6) is 0 Å². The number of likely N-dealkylation sites (N-methyl/N-ethyl adjacent to an activating group) is 2. The van der Waals surface area contributed by atoms with Crippen molar-refractivity contribution in [2.75, 3.05) is 27.7 Å². The third kappa shape index (κ3) is 10.2. The molecule has 0 radical (unpaired) electrons. The molecule has 2 fully saturated rings. The first-order valence-electron chi connectivity index (χ1n) is 18.0. The van der Waals surface area contributed by atoms with E-state index in [1.165, 1.54) is 6.92 Å². The predicted molar refractivity (Wildman–Crippen MR) is 187 cm³/mol. The van der Waals surface area contributed by atoms with Gasteiger partial charge in [0.2, 0.25) is 0 Å². The summed E-state index contributed by atoms with van der Waals surface area (Å²) in [5, 5.41) is 46.8. The molecule has 2 aliphatic rings. The Balaban J connectivity index is 2.13. The maximum Gasteiger partial charge on any atom is 0.312 e. The fourth-order valence-electron chi connectivity index (χ4n) is 7.80. The summed E-state index contributed by atoms with van der Waals surface area (Å²) < 4.78 is 24.8. The SMILES string of the molecule is CC[C@@H]1OC(=O)[C@H](C)[C@@H](OC(=O)Cc2cccnc2)[C@H](C)[C@@H](O[C@@H]2O[C@H](C)C[C@H](N(C)C)[C@H]2O)[C@@](C)(O)C[C@@H](C)CN(C)[C@@H](C)[C@@H](O)[C@]1(C)O. The Morgan fingerprint density at radius 1 is 1.14 bits per heavy atom. The molecule has 0 spiro atoms. The maximum atomic E-state index is 14.0.